The van der Waals surface area contributed by atoms with Crippen molar-refractivity contribution >= 4 is 72.7 Å². The van der Waals surface area contributed by atoms with Gasteiger partial charge in [-0.25, -0.2) is 54.3 Å². The van der Waals surface area contributed by atoms with Crippen LogP contribution < -0.4 is 45.7 Å². The van der Waals surface area contributed by atoms with E-state index in [-0.39, 0.29) is 21.0 Å². The maximum Gasteiger partial charge on any atom is 0.328 e. The summed E-state index contributed by atoms with van der Waals surface area (Å²) in [6.45, 7) is 2.95. The van der Waals surface area contributed by atoms with Crippen LogP contribution in [0.1, 0.15) is 88.5 Å². The van der Waals surface area contributed by atoms with Gasteiger partial charge in [-0.1, -0.05) is 104 Å². The van der Waals surface area contributed by atoms with Crippen molar-refractivity contribution in [3.8, 4) is 0 Å². The molecule has 4 aromatic rings. The Morgan fingerprint density at radius 2 is 0.663 bits per heavy atom. The molecule has 20 N–H and O–H groups in total. The lowest BCUT2D eigenvalue weighted by atomic mass is 10.1. The molecule has 4 aliphatic rings. The van der Waals surface area contributed by atoms with Gasteiger partial charge in [0, 0.05) is 0 Å². The van der Waals surface area contributed by atoms with Gasteiger partial charge in [0.2, 0.25) is 0 Å². The molecule has 4 aliphatic heterocycles. The lowest BCUT2D eigenvalue weighted by Gasteiger charge is -2.24. The van der Waals surface area contributed by atoms with Crippen LogP contribution in [0.5, 0.6) is 0 Å². The van der Waals surface area contributed by atoms with E-state index >= 15 is 8.78 Å². The highest BCUT2D eigenvalue weighted by atomic mass is 32.1. The second kappa shape index (κ2) is 35.2. The van der Waals surface area contributed by atoms with Crippen LogP contribution in [0.3, 0.4) is 0 Å². The number of aliphatic hydroxyl groups is 8. The first kappa shape index (κ1) is 78.2. The maximum atomic E-state index is 15.4. The molecular weight excluding hydrogens is 1500 g/mol. The van der Waals surface area contributed by atoms with E-state index in [2.05, 4.69) is 67.8 Å². The first-order chi connectivity index (χ1) is 50.1. The molecule has 0 amide bonds. The van der Waals surface area contributed by atoms with E-state index in [1.807, 2.05) is 15.0 Å². The van der Waals surface area contributed by atoms with Crippen LogP contribution in [-0.2, 0) is 57.1 Å². The molecule has 8 rings (SSSR count). The summed E-state index contributed by atoms with van der Waals surface area (Å²) < 4.78 is 198. The van der Waals surface area contributed by atoms with Gasteiger partial charge in [-0.3, -0.25) is 57.4 Å². The van der Waals surface area contributed by atoms with E-state index in [9.17, 15) is 106 Å². The lowest BCUT2D eigenvalue weighted by Crippen LogP contribution is -2.46. The molecule has 0 saturated carbocycles. The number of hydrogen-bond donors (Lipinski definition) is 16. The summed E-state index contributed by atoms with van der Waals surface area (Å²) >= 11 is 18.1. The molecule has 0 aromatic carbocycles. The van der Waals surface area contributed by atoms with Crippen molar-refractivity contribution in [2.24, 2.45) is 46.6 Å². The Labute approximate surface area is 608 Å². The van der Waals surface area contributed by atoms with E-state index in [0.717, 1.165) is 0 Å². The zero-order valence-corrected chi connectivity index (χ0v) is 58.2. The van der Waals surface area contributed by atoms with Gasteiger partial charge in [0.05, 0.1) is 33.0 Å². The van der Waals surface area contributed by atoms with Crippen molar-refractivity contribution in [2.75, 3.05) is 26.3 Å². The summed E-state index contributed by atoms with van der Waals surface area (Å²) in [5.74, 6) is -24.9. The highest BCUT2D eigenvalue weighted by Gasteiger charge is 2.61. The first-order valence-electron chi connectivity index (χ1n) is 33.0. The monoisotopic (exact) mass is 1590 g/mol. The third kappa shape index (κ3) is 20.0. The predicted octanol–water partition coefficient (Wildman–Crippen LogP) is -2.05. The Hall–Kier alpha value is -6.92. The number of esters is 4. The predicted molar refractivity (Wildman–Crippen MR) is 342 cm³/mol. The second-order valence-electron chi connectivity index (χ2n) is 24.3. The summed E-state index contributed by atoms with van der Waals surface area (Å²) in [6.07, 6.45) is -27.3. The number of aromatic amines is 4. The van der Waals surface area contributed by atoms with Gasteiger partial charge in [0.1, 0.15) is 91.6 Å². The van der Waals surface area contributed by atoms with Crippen LogP contribution in [0.15, 0.2) is 44.0 Å². The van der Waals surface area contributed by atoms with Crippen molar-refractivity contribution in [2.45, 2.75) is 177 Å². The Morgan fingerprint density at radius 3 is 0.971 bits per heavy atom. The Bertz CT molecular complexity index is 4580. The number of ether oxygens (including phenoxy) is 8. The highest BCUT2D eigenvalue weighted by molar-refractivity contribution is 7.72. The molecule has 0 bridgehead atoms. The fourth-order valence-electron chi connectivity index (χ4n) is 8.46. The Morgan fingerprint density at radius 1 is 0.442 bits per heavy atom. The van der Waals surface area contributed by atoms with Crippen LogP contribution in [0.4, 0.5) is 35.1 Å². The van der Waals surface area contributed by atoms with Gasteiger partial charge < -0.3 is 102 Å². The largest absolute Gasteiger partial charge is 0.458 e. The molecule has 36 nitrogen and oxygen atoms in total. The van der Waals surface area contributed by atoms with Crippen molar-refractivity contribution in [3.05, 3.63) is 109 Å². The number of nitrogens with zero attached hydrogens (tertiary/aromatic N) is 4. The molecule has 0 radical (unpaired) electrons. The molecule has 4 saturated heterocycles. The molecule has 584 valence electrons. The van der Waals surface area contributed by atoms with Gasteiger partial charge in [-0.15, -0.1) is 0 Å². The zero-order valence-electron chi connectivity index (χ0n) is 61.0. The number of carbonyl (C=O) groups is 4. The van der Waals surface area contributed by atoms with Crippen LogP contribution in [0, 0.1) is 65.5 Å². The van der Waals surface area contributed by atoms with E-state index < -0.39 is 248 Å². The fourth-order valence-corrected chi connectivity index (χ4v) is 9.02. The molecule has 0 aliphatic carbocycles. The van der Waals surface area contributed by atoms with Crippen LogP contribution >= 0.6 is 48.9 Å². The molecule has 0 unspecified atom stereocenters. The van der Waals surface area contributed by atoms with Crippen LogP contribution in [0.2, 0.25) is 0 Å². The summed E-state index contributed by atoms with van der Waals surface area (Å²) in [5.41, 5.74) is 17.5. The molecule has 4 aromatic heterocycles. The minimum Gasteiger partial charge on any atom is -0.458 e. The first-order valence-corrected chi connectivity index (χ1v) is 31.6. The molecule has 48 heteroatoms. The Kier molecular flexibility index (Phi) is 26.5. The van der Waals surface area contributed by atoms with Crippen molar-refractivity contribution in [1.29, 1.82) is 0 Å². The number of carbonyl (C=O) groups excluding carboxylic acids is 4. The summed E-state index contributed by atoms with van der Waals surface area (Å²) in [6, 6.07) is -4.76. The highest BCUT2D eigenvalue weighted by Crippen LogP contribution is 2.42. The number of nitrogens with one attached hydrogen (secondary N) is 4. The zero-order chi connectivity index (χ0) is 84.7. The number of aromatic nitrogens is 8. The van der Waals surface area contributed by atoms with Crippen molar-refractivity contribution in [1.82, 2.24) is 38.2 Å². The molecule has 20 atom stereocenters. The SMILES string of the molecule is CC(C)[C@H](N)C(=O)OC[C@@]1(F)O[C@@H](n2cc(F)c(=S)[nH]c2=O)[C@H](O)[C@@H]1O.[2H]C([2H])(OC(=O)[C@@H](N)C(C)C)[C@@]1(F)O[C@@H](n2cc(F)c(=S)[nH]c2=O)[C@H](O)[C@@H]1O.[2H]C([2H])(OC(=O)[C@@H](N)C(C)C)[C@@]1(F)O[C@@]([2H])(n2cc(F)c(=S)[nH]c2=O)[C@H](O)[C@@H]1O.[2H][C@@]1(n2cc(F)c(=S)[nH]c2=O)O[C@](F)(COC(=O)[C@@H](N)C(C)C)[C@@H](O)[C@H]1O. The molecule has 8 heterocycles. The smallest absolute Gasteiger partial charge is 0.328 e. The third-order valence-electron chi connectivity index (χ3n) is 15.2. The second-order valence-corrected chi connectivity index (χ2v) is 25.9. The lowest BCUT2D eigenvalue weighted by molar-refractivity contribution is -0.217. The summed E-state index contributed by atoms with van der Waals surface area (Å²) in [5, 5.41) is 80.2. The van der Waals surface area contributed by atoms with Crippen molar-refractivity contribution in [3.63, 3.8) is 0 Å². The van der Waals surface area contributed by atoms with E-state index in [1.165, 1.54) is 27.7 Å². The molecule has 4 fully saturated rings. The third-order valence-corrected chi connectivity index (χ3v) is 16.3. The quantitative estimate of drug-likeness (QED) is 0.0196. The van der Waals surface area contributed by atoms with Gasteiger partial charge >= 0.3 is 46.6 Å². The summed E-state index contributed by atoms with van der Waals surface area (Å²) in [4.78, 5) is 103. The molecule has 104 heavy (non-hydrogen) atoms. The fraction of sp³-hybridized carbons (Fsp3) is 0.643. The molecule has 0 spiro atoms. The number of H-pyrrole nitrogens is 4. The van der Waals surface area contributed by atoms with Crippen LogP contribution in [-0.4, -0.2) is 226 Å². The molecular formula is C56H76F8N12O24S4. The van der Waals surface area contributed by atoms with E-state index in [1.54, 1.807) is 32.7 Å². The van der Waals surface area contributed by atoms with Gasteiger partial charge in [-0.05, 0) is 23.7 Å². The number of nitrogens with two attached hydrogens (primary N) is 4. The number of halogens is 8. The minimum atomic E-state index is -4.02. The number of alkyl halides is 4. The normalized spacial score (nSPS) is 32.3. The van der Waals surface area contributed by atoms with Crippen molar-refractivity contribution < 1.29 is 141 Å². The van der Waals surface area contributed by atoms with Crippen LogP contribution in [0.25, 0.3) is 0 Å². The number of hydrogen-bond acceptors (Lipinski definition) is 32. The number of rotatable bonds is 20. The topological polar surface area (TPSA) is 559 Å². The van der Waals surface area contributed by atoms with Gasteiger partial charge in [0.25, 0.3) is 23.4 Å². The van der Waals surface area contributed by atoms with E-state index in [4.69, 9.17) is 50.1 Å². The number of aliphatic hydroxyl groups excluding tert-OH is 8. The van der Waals surface area contributed by atoms with E-state index in [0.29, 0.717) is 33.9 Å². The average molecular weight is 1590 g/mol. The standard InChI is InChI=1S/4C14H19F2N3O6S/c4*1-5(2)7(17)12(22)24-4-14(16)9(21)8(20)11(25-14)19-3-6(15)10(26)18-13(19)23/h4*3,5,7-9,11,20-21H,4,17H2,1-2H3,(H,18,23,26)/t4*7-,8+,9-,11+,14+/m0000/s1/i4D2,11D;11D;4D2;. The van der Waals surface area contributed by atoms with Gasteiger partial charge in [-0.2, -0.15) is 0 Å². The summed E-state index contributed by atoms with van der Waals surface area (Å²) in [7, 11) is 0. The minimum absolute atomic E-state index is 0.0328. The van der Waals surface area contributed by atoms with Gasteiger partial charge in [0.15, 0.2) is 74.5 Å². The maximum absolute atomic E-state index is 15.4. The Balaban J connectivity index is 0.000000263. The average Bonchev–Trinajstić information content (AvgIpc) is 1.58.